The Morgan fingerprint density at radius 2 is 1.52 bits per heavy atom. The first kappa shape index (κ1) is 41.8. The maximum Gasteiger partial charge on any atom is 0.145 e. The SMILES string of the molecule is C/C=C\Cc1c(C)c2ccccc2n1-c1cc(C2=CC(n3c4c(c5cc[nH]c53)C=CC=CC4)=CC(N3C/C=C\C=C/Cc4ccccc43)C2)cc(-c2nc(/C=C\C)c(C)n2-c2ccccc2)c1. The number of nitrogens with one attached hydrogen (secondary N) is 1. The molecular formula is C61H56N6. The Kier molecular flexibility index (Phi) is 11.2. The number of aromatic nitrogens is 5. The van der Waals surface area contributed by atoms with Crippen LogP contribution in [0, 0.1) is 13.8 Å². The lowest BCUT2D eigenvalue weighted by Crippen LogP contribution is -2.36. The van der Waals surface area contributed by atoms with Gasteiger partial charge in [-0.05, 0) is 130 Å². The van der Waals surface area contributed by atoms with E-state index in [1.165, 1.54) is 66.9 Å². The first-order chi connectivity index (χ1) is 33.0. The summed E-state index contributed by atoms with van der Waals surface area (Å²) in [6, 6.07) is 38.0. The summed E-state index contributed by atoms with van der Waals surface area (Å²) in [5.74, 6) is 0.917. The molecule has 1 aliphatic heterocycles. The van der Waals surface area contributed by atoms with Crippen LogP contribution in [0.2, 0.25) is 0 Å². The third kappa shape index (κ3) is 7.53. The molecule has 6 nitrogen and oxygen atoms in total. The molecule has 0 bridgehead atoms. The molecule has 5 heterocycles. The molecule has 0 amide bonds. The van der Waals surface area contributed by atoms with Gasteiger partial charge >= 0.3 is 0 Å². The van der Waals surface area contributed by atoms with Crippen LogP contribution >= 0.6 is 0 Å². The van der Waals surface area contributed by atoms with Gasteiger partial charge in [-0.15, -0.1) is 0 Å². The topological polar surface area (TPSA) is 46.7 Å². The van der Waals surface area contributed by atoms with Crippen molar-refractivity contribution < 1.29 is 0 Å². The Labute approximate surface area is 393 Å². The zero-order chi connectivity index (χ0) is 45.4. The van der Waals surface area contributed by atoms with Crippen LogP contribution in [0.4, 0.5) is 5.69 Å². The Hall–Kier alpha value is -7.83. The van der Waals surface area contributed by atoms with Crippen molar-refractivity contribution in [1.82, 2.24) is 23.7 Å². The number of hydrogen-bond donors (Lipinski definition) is 1. The van der Waals surface area contributed by atoms with Crippen molar-refractivity contribution in [2.75, 3.05) is 11.4 Å². The van der Waals surface area contributed by atoms with E-state index in [1.807, 2.05) is 0 Å². The van der Waals surface area contributed by atoms with Crippen LogP contribution in [0.15, 0.2) is 182 Å². The molecule has 0 fully saturated rings. The molecular weight excluding hydrogens is 817 g/mol. The summed E-state index contributed by atoms with van der Waals surface area (Å²) in [7, 11) is 0. The van der Waals surface area contributed by atoms with Gasteiger partial charge in [-0.2, -0.15) is 0 Å². The van der Waals surface area contributed by atoms with E-state index < -0.39 is 0 Å². The van der Waals surface area contributed by atoms with Gasteiger partial charge in [0.15, 0.2) is 0 Å². The fourth-order valence-corrected chi connectivity index (χ4v) is 10.7. The molecule has 6 heteroatoms. The van der Waals surface area contributed by atoms with Crippen LogP contribution < -0.4 is 4.90 Å². The number of hydrogen-bond acceptors (Lipinski definition) is 2. The smallest absolute Gasteiger partial charge is 0.145 e. The largest absolute Gasteiger partial charge is 0.361 e. The molecule has 11 rings (SSSR count). The second kappa shape index (κ2) is 17.9. The molecule has 0 saturated heterocycles. The van der Waals surface area contributed by atoms with Gasteiger partial charge in [0.05, 0.1) is 17.3 Å². The minimum Gasteiger partial charge on any atom is -0.361 e. The van der Waals surface area contributed by atoms with E-state index in [4.69, 9.17) is 4.98 Å². The molecule has 8 aromatic rings. The van der Waals surface area contributed by atoms with Gasteiger partial charge in [-0.25, -0.2) is 4.98 Å². The van der Waals surface area contributed by atoms with Gasteiger partial charge in [0.2, 0.25) is 0 Å². The third-order valence-electron chi connectivity index (χ3n) is 13.8. The van der Waals surface area contributed by atoms with E-state index in [9.17, 15) is 0 Å². The summed E-state index contributed by atoms with van der Waals surface area (Å²) in [5, 5.41) is 2.51. The standard InChI is InChI=1S/C61H56N6/c1-5-7-29-56-42(3)52-27-18-20-32-58(52)66(56)50-38-45(36-47(40-50)60-63-55(22-6-2)43(4)65(60)48-25-13-10-14-26-48)46-37-49(64-35-21-9-8-12-23-44-24-17-19-30-57(44)64)41-51(39-46)67-59-31-16-11-15-28-53(59)54-33-34-62-61(54)67/h5-22,24-28,30,32-34,36,38-41,49,62H,23,29,31,35,37H2,1-4H3/b7-5-,12-8-,21-9-,22-6-. The number of nitrogens with zero attached hydrogens (tertiary/aromatic N) is 5. The maximum atomic E-state index is 5.47. The molecule has 67 heavy (non-hydrogen) atoms. The van der Waals surface area contributed by atoms with E-state index >= 15 is 0 Å². The van der Waals surface area contributed by atoms with Gasteiger partial charge in [0.1, 0.15) is 11.5 Å². The van der Waals surface area contributed by atoms with Crippen LogP contribution in [-0.4, -0.2) is 36.3 Å². The van der Waals surface area contributed by atoms with Crippen LogP contribution in [0.5, 0.6) is 0 Å². The van der Waals surface area contributed by atoms with E-state index in [0.717, 1.165) is 72.0 Å². The number of allylic oxidation sites excluding steroid dienone is 11. The molecule has 330 valence electrons. The number of benzene rings is 4. The highest BCUT2D eigenvalue weighted by atomic mass is 15.2. The average molecular weight is 873 g/mol. The zero-order valence-corrected chi connectivity index (χ0v) is 38.8. The number of fused-ring (bicyclic) bond motifs is 5. The second-order valence-electron chi connectivity index (χ2n) is 17.8. The third-order valence-corrected chi connectivity index (χ3v) is 13.8. The van der Waals surface area contributed by atoms with Crippen molar-refractivity contribution in [3.05, 3.63) is 227 Å². The van der Waals surface area contributed by atoms with Crippen molar-refractivity contribution in [3.8, 4) is 22.8 Å². The van der Waals surface area contributed by atoms with Crippen molar-refractivity contribution in [1.29, 1.82) is 0 Å². The quantitative estimate of drug-likeness (QED) is 0.147. The maximum absolute atomic E-state index is 5.47. The summed E-state index contributed by atoms with van der Waals surface area (Å²) in [6.07, 6.45) is 37.0. The Morgan fingerprint density at radius 1 is 0.731 bits per heavy atom. The summed E-state index contributed by atoms with van der Waals surface area (Å²) in [6.45, 7) is 9.43. The predicted octanol–water partition coefficient (Wildman–Crippen LogP) is 14.5. The minimum absolute atomic E-state index is 0.0423. The highest BCUT2D eigenvalue weighted by Crippen LogP contribution is 2.42. The molecule has 1 atom stereocenters. The van der Waals surface area contributed by atoms with Crippen molar-refractivity contribution in [2.45, 2.75) is 59.4 Å². The Morgan fingerprint density at radius 3 is 2.40 bits per heavy atom. The summed E-state index contributed by atoms with van der Waals surface area (Å²) in [4.78, 5) is 11.8. The number of aryl methyl sites for hydroxylation is 1. The first-order valence-electron chi connectivity index (χ1n) is 23.8. The zero-order valence-electron chi connectivity index (χ0n) is 38.8. The molecule has 0 radical (unpaired) electrons. The summed E-state index contributed by atoms with van der Waals surface area (Å²) < 4.78 is 7.33. The Balaban J connectivity index is 1.19. The van der Waals surface area contributed by atoms with Crippen LogP contribution in [-0.2, 0) is 19.3 Å². The van der Waals surface area contributed by atoms with Gasteiger partial charge in [0, 0.05) is 87.3 Å². The lowest BCUT2D eigenvalue weighted by Gasteiger charge is -2.36. The summed E-state index contributed by atoms with van der Waals surface area (Å²) >= 11 is 0. The lowest BCUT2D eigenvalue weighted by atomic mass is 9.89. The number of para-hydroxylation sites is 3. The van der Waals surface area contributed by atoms with E-state index in [-0.39, 0.29) is 6.04 Å². The lowest BCUT2D eigenvalue weighted by molar-refractivity contribution is 0.726. The number of anilines is 1. The highest BCUT2D eigenvalue weighted by molar-refractivity contribution is 5.95. The minimum atomic E-state index is 0.0423. The molecule has 3 aliphatic rings. The molecule has 0 spiro atoms. The molecule has 0 saturated carbocycles. The molecule has 1 N–H and O–H groups in total. The van der Waals surface area contributed by atoms with Crippen LogP contribution in [0.3, 0.4) is 0 Å². The molecule has 4 aromatic carbocycles. The second-order valence-corrected chi connectivity index (χ2v) is 17.8. The van der Waals surface area contributed by atoms with Crippen molar-refractivity contribution >= 4 is 51.0 Å². The normalized spacial score (nSPS) is 17.1. The van der Waals surface area contributed by atoms with E-state index in [0.29, 0.717) is 0 Å². The Bertz CT molecular complexity index is 3430. The highest BCUT2D eigenvalue weighted by Gasteiger charge is 2.29. The fraction of sp³-hybridized carbons (Fsp3) is 0.164. The molecule has 1 unspecified atom stereocenters. The monoisotopic (exact) mass is 872 g/mol. The van der Waals surface area contributed by atoms with E-state index in [1.54, 1.807) is 0 Å². The van der Waals surface area contributed by atoms with Crippen LogP contribution in [0.25, 0.3) is 68.1 Å². The van der Waals surface area contributed by atoms with Crippen molar-refractivity contribution in [2.24, 2.45) is 0 Å². The van der Waals surface area contributed by atoms with Crippen LogP contribution in [0.1, 0.15) is 65.3 Å². The van der Waals surface area contributed by atoms with Gasteiger partial charge in [-0.1, -0.05) is 121 Å². The summed E-state index contributed by atoms with van der Waals surface area (Å²) in [5.41, 5.74) is 19.1. The van der Waals surface area contributed by atoms with Gasteiger partial charge < -0.3 is 14.5 Å². The number of H-pyrrole nitrogens is 1. The molecule has 2 aliphatic carbocycles. The number of imidazole rings is 1. The fourth-order valence-electron chi connectivity index (χ4n) is 10.7. The van der Waals surface area contributed by atoms with E-state index in [2.05, 4.69) is 246 Å². The van der Waals surface area contributed by atoms with Gasteiger partial charge in [-0.3, -0.25) is 9.13 Å². The average Bonchev–Trinajstić information content (AvgIpc) is 4.08. The number of rotatable bonds is 9. The predicted molar refractivity (Wildman–Crippen MR) is 283 cm³/mol. The molecule has 4 aromatic heterocycles. The first-order valence-corrected chi connectivity index (χ1v) is 23.8. The van der Waals surface area contributed by atoms with Crippen molar-refractivity contribution in [3.63, 3.8) is 0 Å². The van der Waals surface area contributed by atoms with Gasteiger partial charge in [0.25, 0.3) is 0 Å². The number of aromatic amines is 1.